The SMILES string of the molecule is C=CCN(C/C(Br)=C/C)Cc1ccccc1. The molecule has 0 amide bonds. The third-order valence-electron chi connectivity index (χ3n) is 2.32. The Labute approximate surface area is 107 Å². The summed E-state index contributed by atoms with van der Waals surface area (Å²) in [5.74, 6) is 0. The fourth-order valence-corrected chi connectivity index (χ4v) is 1.87. The van der Waals surface area contributed by atoms with Gasteiger partial charge in [0.05, 0.1) is 0 Å². The van der Waals surface area contributed by atoms with Gasteiger partial charge in [-0.3, -0.25) is 4.90 Å². The van der Waals surface area contributed by atoms with E-state index >= 15 is 0 Å². The van der Waals surface area contributed by atoms with E-state index in [0.29, 0.717) is 0 Å². The average molecular weight is 280 g/mol. The molecular formula is C14H18BrN. The molecule has 0 aliphatic heterocycles. The molecule has 1 nitrogen and oxygen atoms in total. The van der Waals surface area contributed by atoms with Crippen molar-refractivity contribution in [3.8, 4) is 0 Å². The fourth-order valence-electron chi connectivity index (χ4n) is 1.51. The van der Waals surface area contributed by atoms with Crippen molar-refractivity contribution >= 4 is 15.9 Å². The van der Waals surface area contributed by atoms with Gasteiger partial charge in [-0.1, -0.05) is 58.4 Å². The van der Waals surface area contributed by atoms with Crippen LogP contribution in [-0.2, 0) is 6.54 Å². The topological polar surface area (TPSA) is 3.24 Å². The fraction of sp³-hybridized carbons (Fsp3) is 0.286. The highest BCUT2D eigenvalue weighted by Crippen LogP contribution is 2.11. The van der Waals surface area contributed by atoms with Crippen molar-refractivity contribution in [1.82, 2.24) is 4.90 Å². The lowest BCUT2D eigenvalue weighted by Crippen LogP contribution is -2.24. The molecule has 0 heterocycles. The first-order valence-corrected chi connectivity index (χ1v) is 6.23. The quantitative estimate of drug-likeness (QED) is 0.713. The van der Waals surface area contributed by atoms with E-state index in [1.165, 1.54) is 10.0 Å². The average Bonchev–Trinajstić information content (AvgIpc) is 2.30. The molecule has 0 unspecified atom stereocenters. The van der Waals surface area contributed by atoms with Gasteiger partial charge in [-0.15, -0.1) is 6.58 Å². The number of halogens is 1. The lowest BCUT2D eigenvalue weighted by Gasteiger charge is -2.20. The number of hydrogen-bond donors (Lipinski definition) is 0. The van der Waals surface area contributed by atoms with Crippen LogP contribution in [0.25, 0.3) is 0 Å². The van der Waals surface area contributed by atoms with E-state index in [2.05, 4.69) is 57.8 Å². The highest BCUT2D eigenvalue weighted by molar-refractivity contribution is 9.11. The van der Waals surface area contributed by atoms with Crippen LogP contribution in [-0.4, -0.2) is 18.0 Å². The van der Waals surface area contributed by atoms with E-state index in [1.54, 1.807) is 0 Å². The van der Waals surface area contributed by atoms with Gasteiger partial charge in [0.15, 0.2) is 0 Å². The van der Waals surface area contributed by atoms with Crippen molar-refractivity contribution in [2.45, 2.75) is 13.5 Å². The monoisotopic (exact) mass is 279 g/mol. The summed E-state index contributed by atoms with van der Waals surface area (Å²) < 4.78 is 1.21. The molecule has 1 rings (SSSR count). The van der Waals surface area contributed by atoms with Crippen LogP contribution < -0.4 is 0 Å². The second kappa shape index (κ2) is 7.42. The van der Waals surface area contributed by atoms with Crippen LogP contribution >= 0.6 is 15.9 Å². The number of allylic oxidation sites excluding steroid dienone is 1. The maximum absolute atomic E-state index is 3.80. The van der Waals surface area contributed by atoms with E-state index in [-0.39, 0.29) is 0 Å². The normalized spacial score (nSPS) is 11.8. The zero-order chi connectivity index (χ0) is 11.8. The molecule has 0 saturated carbocycles. The molecule has 0 saturated heterocycles. The zero-order valence-corrected chi connectivity index (χ0v) is 11.3. The maximum Gasteiger partial charge on any atom is 0.0303 e. The van der Waals surface area contributed by atoms with Gasteiger partial charge in [0.1, 0.15) is 0 Å². The van der Waals surface area contributed by atoms with Gasteiger partial charge >= 0.3 is 0 Å². The number of hydrogen-bond acceptors (Lipinski definition) is 1. The molecule has 0 aliphatic carbocycles. The summed E-state index contributed by atoms with van der Waals surface area (Å²) in [6, 6.07) is 10.5. The number of rotatable bonds is 6. The van der Waals surface area contributed by atoms with Gasteiger partial charge in [-0.05, 0) is 12.5 Å². The third kappa shape index (κ3) is 4.77. The van der Waals surface area contributed by atoms with Gasteiger partial charge in [-0.25, -0.2) is 0 Å². The summed E-state index contributed by atoms with van der Waals surface area (Å²) in [5, 5.41) is 0. The number of nitrogens with zero attached hydrogens (tertiary/aromatic N) is 1. The van der Waals surface area contributed by atoms with Gasteiger partial charge in [-0.2, -0.15) is 0 Å². The van der Waals surface area contributed by atoms with E-state index in [4.69, 9.17) is 0 Å². The van der Waals surface area contributed by atoms with Crippen molar-refractivity contribution in [2.24, 2.45) is 0 Å². The standard InChI is InChI=1S/C14H18BrN/c1-3-10-16(12-14(15)4-2)11-13-8-6-5-7-9-13/h3-9H,1,10-12H2,2H3/b14-4-. The van der Waals surface area contributed by atoms with Crippen molar-refractivity contribution in [3.63, 3.8) is 0 Å². The Bertz CT molecular complexity index is 343. The van der Waals surface area contributed by atoms with Gasteiger partial charge in [0.2, 0.25) is 0 Å². The first-order valence-electron chi connectivity index (χ1n) is 5.44. The Morgan fingerprint density at radius 2 is 2.06 bits per heavy atom. The Balaban J connectivity index is 2.61. The van der Waals surface area contributed by atoms with E-state index < -0.39 is 0 Å². The molecule has 2 heteroatoms. The molecule has 0 aromatic heterocycles. The molecule has 0 N–H and O–H groups in total. The van der Waals surface area contributed by atoms with Gasteiger partial charge in [0, 0.05) is 24.1 Å². The first-order chi connectivity index (χ1) is 7.76. The maximum atomic E-state index is 3.80. The summed E-state index contributed by atoms with van der Waals surface area (Å²) in [7, 11) is 0. The van der Waals surface area contributed by atoms with Crippen LogP contribution in [0.2, 0.25) is 0 Å². The second-order valence-corrected chi connectivity index (χ2v) is 4.70. The minimum absolute atomic E-state index is 0.901. The minimum Gasteiger partial charge on any atom is -0.291 e. The molecule has 0 radical (unpaired) electrons. The largest absolute Gasteiger partial charge is 0.291 e. The Kier molecular flexibility index (Phi) is 6.12. The van der Waals surface area contributed by atoms with Crippen LogP contribution in [0.4, 0.5) is 0 Å². The Hall–Kier alpha value is -0.860. The van der Waals surface area contributed by atoms with E-state index in [0.717, 1.165) is 19.6 Å². The van der Waals surface area contributed by atoms with Crippen LogP contribution in [0, 0.1) is 0 Å². The van der Waals surface area contributed by atoms with Gasteiger partial charge in [0.25, 0.3) is 0 Å². The van der Waals surface area contributed by atoms with Crippen molar-refractivity contribution in [2.75, 3.05) is 13.1 Å². The number of benzene rings is 1. The summed E-state index contributed by atoms with van der Waals surface area (Å²) in [6.07, 6.45) is 4.03. The molecule has 1 aromatic rings. The lowest BCUT2D eigenvalue weighted by molar-refractivity contribution is 0.326. The van der Waals surface area contributed by atoms with Crippen molar-refractivity contribution in [3.05, 3.63) is 59.1 Å². The second-order valence-electron chi connectivity index (χ2n) is 3.68. The molecule has 0 spiro atoms. The highest BCUT2D eigenvalue weighted by atomic mass is 79.9. The third-order valence-corrected chi connectivity index (χ3v) is 3.03. The van der Waals surface area contributed by atoms with E-state index in [1.807, 2.05) is 19.1 Å². The molecule has 86 valence electrons. The van der Waals surface area contributed by atoms with Crippen LogP contribution in [0.3, 0.4) is 0 Å². The minimum atomic E-state index is 0.901. The van der Waals surface area contributed by atoms with Crippen LogP contribution in [0.15, 0.2) is 53.5 Å². The zero-order valence-electron chi connectivity index (χ0n) is 9.70. The summed E-state index contributed by atoms with van der Waals surface area (Å²) in [6.45, 7) is 8.62. The summed E-state index contributed by atoms with van der Waals surface area (Å²) in [4.78, 5) is 2.34. The van der Waals surface area contributed by atoms with Crippen LogP contribution in [0.1, 0.15) is 12.5 Å². The van der Waals surface area contributed by atoms with Crippen LogP contribution in [0.5, 0.6) is 0 Å². The molecule has 0 fully saturated rings. The predicted molar refractivity (Wildman–Crippen MR) is 74.6 cm³/mol. The highest BCUT2D eigenvalue weighted by Gasteiger charge is 2.04. The first kappa shape index (κ1) is 13.2. The Morgan fingerprint density at radius 3 is 2.62 bits per heavy atom. The molecule has 0 bridgehead atoms. The molecular weight excluding hydrogens is 262 g/mol. The lowest BCUT2D eigenvalue weighted by atomic mass is 10.2. The molecule has 1 aromatic carbocycles. The summed E-state index contributed by atoms with van der Waals surface area (Å²) in [5.41, 5.74) is 1.33. The molecule has 16 heavy (non-hydrogen) atoms. The Morgan fingerprint density at radius 1 is 1.38 bits per heavy atom. The van der Waals surface area contributed by atoms with Crippen molar-refractivity contribution < 1.29 is 0 Å². The molecule has 0 atom stereocenters. The van der Waals surface area contributed by atoms with E-state index in [9.17, 15) is 0 Å². The smallest absolute Gasteiger partial charge is 0.0303 e. The summed E-state index contributed by atoms with van der Waals surface area (Å²) >= 11 is 3.55. The molecule has 0 aliphatic rings. The van der Waals surface area contributed by atoms with Crippen molar-refractivity contribution in [1.29, 1.82) is 0 Å². The predicted octanol–water partition coefficient (Wildman–Crippen LogP) is 3.97. The van der Waals surface area contributed by atoms with Gasteiger partial charge < -0.3 is 0 Å².